The topological polar surface area (TPSA) is 265 Å². The van der Waals surface area contributed by atoms with Crippen LogP contribution in [0.25, 0.3) is 0 Å². The van der Waals surface area contributed by atoms with Crippen LogP contribution < -0.4 is 0 Å². The Kier molecular flexibility index (Phi) is 59.1. The van der Waals surface area contributed by atoms with E-state index in [2.05, 4.69) is 0 Å². The minimum Gasteiger partial charge on any atom is -0.356 e. The van der Waals surface area contributed by atoms with Gasteiger partial charge in [0.05, 0.1) is 20.3 Å². The largest absolute Gasteiger partial charge is 2.00 e. The van der Waals surface area contributed by atoms with E-state index in [0.717, 1.165) is 0 Å². The van der Waals surface area contributed by atoms with E-state index in [1.807, 2.05) is 0 Å². The maximum atomic E-state index is 8.25. The van der Waals surface area contributed by atoms with Gasteiger partial charge in [-0.2, -0.15) is 0 Å². The van der Waals surface area contributed by atoms with Gasteiger partial charge in [0, 0.05) is 0 Å². The third-order valence-corrected chi connectivity index (χ3v) is 0. The van der Waals surface area contributed by atoms with Gasteiger partial charge in [0.1, 0.15) is 0 Å². The molecule has 0 aliphatic carbocycles. The number of hydrogen-bond acceptors (Lipinski definition) is 12. The zero-order valence-electron chi connectivity index (χ0n) is 7.69. The minimum atomic E-state index is -1.75. The first-order valence-corrected chi connectivity index (χ1v) is 2.19. The molecule has 18 heavy (non-hydrogen) atoms. The molecule has 0 aromatic carbocycles. The Hall–Kier alpha value is -1.43. The SMILES string of the molecule is O=[N+]([O-])[O-].O=[N+]([O-])[O-].O=[N+]([O-])[O-].O=[N+]([O-])[O-].[Zr+2].[Zr+2]. The number of hydrogen-bond donors (Lipinski definition) is 0. The molecule has 0 amide bonds. The molecule has 0 saturated heterocycles. The van der Waals surface area contributed by atoms with Crippen LogP contribution in [0.3, 0.4) is 0 Å². The van der Waals surface area contributed by atoms with E-state index in [1.54, 1.807) is 0 Å². The second kappa shape index (κ2) is 29.6. The van der Waals surface area contributed by atoms with Crippen LogP contribution in [-0.2, 0) is 52.4 Å². The first-order valence-electron chi connectivity index (χ1n) is 2.19. The van der Waals surface area contributed by atoms with E-state index in [1.165, 1.54) is 0 Å². The second-order valence-corrected chi connectivity index (χ2v) is 0.894. The van der Waals surface area contributed by atoms with Crippen LogP contribution in [0.4, 0.5) is 0 Å². The van der Waals surface area contributed by atoms with Crippen molar-refractivity contribution in [2.24, 2.45) is 0 Å². The predicted molar refractivity (Wildman–Crippen MR) is 41.4 cm³/mol. The van der Waals surface area contributed by atoms with Crippen molar-refractivity contribution in [2.45, 2.75) is 0 Å². The third kappa shape index (κ3) is 1300. The predicted octanol–water partition coefficient (Wildman–Crippen LogP) is -0.961. The van der Waals surface area contributed by atoms with Gasteiger partial charge in [0.15, 0.2) is 0 Å². The first kappa shape index (κ1) is 36.0. The quantitative estimate of drug-likeness (QED) is 0.332. The fraction of sp³-hybridized carbons (Fsp3) is 0. The van der Waals surface area contributed by atoms with Crippen LogP contribution in [0.5, 0.6) is 0 Å². The number of nitrogens with zero attached hydrogens (tertiary/aromatic N) is 4. The van der Waals surface area contributed by atoms with Gasteiger partial charge in [-0.25, -0.2) is 0 Å². The summed E-state index contributed by atoms with van der Waals surface area (Å²) in [4.78, 5) is 33.0. The van der Waals surface area contributed by atoms with Crippen molar-refractivity contribution in [3.05, 3.63) is 61.3 Å². The van der Waals surface area contributed by atoms with Crippen LogP contribution >= 0.6 is 0 Å². The van der Waals surface area contributed by atoms with Crippen LogP contribution in [-0.4, -0.2) is 20.3 Å². The molecule has 0 aliphatic rings. The fourth-order valence-corrected chi connectivity index (χ4v) is 0. The molecule has 0 aromatic heterocycles. The molecule has 18 heteroatoms. The Labute approximate surface area is 133 Å². The summed E-state index contributed by atoms with van der Waals surface area (Å²) < 4.78 is 0. The zero-order chi connectivity index (χ0) is 14.3. The van der Waals surface area contributed by atoms with Crippen LogP contribution in [0.1, 0.15) is 0 Å². The smallest absolute Gasteiger partial charge is 0.356 e. The summed E-state index contributed by atoms with van der Waals surface area (Å²) in [6.07, 6.45) is 0. The Balaban J connectivity index is -0.0000000257. The van der Waals surface area contributed by atoms with E-state index in [0.29, 0.717) is 0 Å². The summed E-state index contributed by atoms with van der Waals surface area (Å²) in [5.74, 6) is 0. The Morgan fingerprint density at radius 1 is 0.389 bits per heavy atom. The Morgan fingerprint density at radius 2 is 0.389 bits per heavy atom. The van der Waals surface area contributed by atoms with Crippen LogP contribution in [0, 0.1) is 61.3 Å². The van der Waals surface area contributed by atoms with Crippen molar-refractivity contribution in [1.29, 1.82) is 0 Å². The molecule has 0 N–H and O–H groups in total. The van der Waals surface area contributed by atoms with E-state index < -0.39 is 20.3 Å². The van der Waals surface area contributed by atoms with Gasteiger partial charge in [-0.15, -0.1) is 0 Å². The van der Waals surface area contributed by atoms with Gasteiger partial charge in [-0.3, -0.25) is 0 Å². The molecule has 0 rings (SSSR count). The normalized spacial score (nSPS) is 5.33. The molecule has 0 aromatic rings. The molecule has 0 fully saturated rings. The maximum Gasteiger partial charge on any atom is 2.00 e. The number of rotatable bonds is 0. The van der Waals surface area contributed by atoms with Gasteiger partial charge >= 0.3 is 52.4 Å². The summed E-state index contributed by atoms with van der Waals surface area (Å²) in [7, 11) is 0. The Bertz CT molecular complexity index is 162. The van der Waals surface area contributed by atoms with E-state index in [9.17, 15) is 0 Å². The van der Waals surface area contributed by atoms with Crippen LogP contribution in [0.15, 0.2) is 0 Å². The van der Waals surface area contributed by atoms with E-state index >= 15 is 0 Å². The first-order chi connectivity index (χ1) is 6.93. The molecule has 0 aliphatic heterocycles. The Morgan fingerprint density at radius 3 is 0.389 bits per heavy atom. The van der Waals surface area contributed by atoms with Crippen molar-refractivity contribution >= 4 is 0 Å². The standard InChI is InChI=1S/4NO3.2Zr/c4*2-1(3)4;;/q4*-1;2*+2. The van der Waals surface area contributed by atoms with E-state index in [4.69, 9.17) is 61.3 Å². The van der Waals surface area contributed by atoms with Gasteiger partial charge in [-0.1, -0.05) is 0 Å². The van der Waals surface area contributed by atoms with E-state index in [-0.39, 0.29) is 52.4 Å². The molecule has 0 spiro atoms. The summed E-state index contributed by atoms with van der Waals surface area (Å²) >= 11 is 0. The molecule has 0 saturated carbocycles. The second-order valence-electron chi connectivity index (χ2n) is 0.894. The summed E-state index contributed by atoms with van der Waals surface area (Å²) in [5, 5.41) is 59.0. The maximum absolute atomic E-state index is 8.25. The molecule has 0 heterocycles. The monoisotopic (exact) mass is 428 g/mol. The van der Waals surface area contributed by atoms with Gasteiger partial charge in [0.2, 0.25) is 0 Å². The summed E-state index contributed by atoms with van der Waals surface area (Å²) in [6, 6.07) is 0. The third-order valence-electron chi connectivity index (χ3n) is 0. The fourth-order valence-electron chi connectivity index (χ4n) is 0. The molecule has 100 valence electrons. The van der Waals surface area contributed by atoms with Crippen molar-refractivity contribution in [2.75, 3.05) is 0 Å². The summed E-state index contributed by atoms with van der Waals surface area (Å²) in [5.41, 5.74) is 0. The molecule has 16 nitrogen and oxygen atoms in total. The molecule has 0 atom stereocenters. The molecule has 0 unspecified atom stereocenters. The zero-order valence-corrected chi connectivity index (χ0v) is 12.6. The van der Waals surface area contributed by atoms with Crippen LogP contribution in [0.2, 0.25) is 0 Å². The molecular formula is N4O12Zr2. The van der Waals surface area contributed by atoms with Gasteiger partial charge < -0.3 is 61.3 Å². The van der Waals surface area contributed by atoms with Crippen molar-refractivity contribution in [3.63, 3.8) is 0 Å². The molecule has 0 bridgehead atoms. The van der Waals surface area contributed by atoms with Crippen molar-refractivity contribution in [1.82, 2.24) is 0 Å². The van der Waals surface area contributed by atoms with Crippen molar-refractivity contribution in [3.8, 4) is 0 Å². The summed E-state index contributed by atoms with van der Waals surface area (Å²) in [6.45, 7) is 0. The average molecular weight is 430 g/mol. The van der Waals surface area contributed by atoms with Gasteiger partial charge in [-0.05, 0) is 0 Å². The average Bonchev–Trinajstić information content (AvgIpc) is 1.76. The molecule has 0 radical (unpaired) electrons. The molecular weight excluding hydrogens is 430 g/mol. The minimum absolute atomic E-state index is 0. The van der Waals surface area contributed by atoms with Crippen molar-refractivity contribution < 1.29 is 72.8 Å². The van der Waals surface area contributed by atoms with Gasteiger partial charge in [0.25, 0.3) is 0 Å².